The molecule has 9 heteroatoms. The summed E-state index contributed by atoms with van der Waals surface area (Å²) in [5.74, 6) is -0.222. The molecule has 3 rings (SSSR count). The Morgan fingerprint density at radius 3 is 2.49 bits per heavy atom. The second kappa shape index (κ2) is 12.0. The van der Waals surface area contributed by atoms with E-state index in [-0.39, 0.29) is 30.7 Å². The third-order valence-electron chi connectivity index (χ3n) is 6.04. The van der Waals surface area contributed by atoms with Crippen LogP contribution in [0, 0.1) is 17.2 Å². The smallest absolute Gasteiger partial charge is 0.225 e. The molecule has 1 heterocycles. The number of nitrogens with zero attached hydrogens (tertiary/aromatic N) is 6. The van der Waals surface area contributed by atoms with Gasteiger partial charge in [-0.05, 0) is 28.6 Å². The molecule has 196 valence electrons. The Labute approximate surface area is 217 Å². The number of aliphatic hydroxyl groups excluding tert-OH is 1. The van der Waals surface area contributed by atoms with Crippen LogP contribution in [0.4, 0.5) is 4.39 Å². The van der Waals surface area contributed by atoms with Crippen LogP contribution in [0.3, 0.4) is 0 Å². The van der Waals surface area contributed by atoms with Crippen molar-refractivity contribution >= 4 is 5.91 Å². The van der Waals surface area contributed by atoms with Crippen LogP contribution in [0.2, 0.25) is 0 Å². The fourth-order valence-electron chi connectivity index (χ4n) is 4.41. The van der Waals surface area contributed by atoms with E-state index in [1.807, 2.05) is 75.7 Å². The molecule has 1 amide bonds. The molecule has 0 aliphatic carbocycles. The van der Waals surface area contributed by atoms with Crippen LogP contribution in [-0.2, 0) is 11.3 Å². The van der Waals surface area contributed by atoms with Crippen LogP contribution >= 0.6 is 0 Å². The van der Waals surface area contributed by atoms with E-state index < -0.39 is 17.6 Å². The maximum Gasteiger partial charge on any atom is 0.225 e. The molecular weight excluding hydrogens is 471 g/mol. The van der Waals surface area contributed by atoms with Crippen molar-refractivity contribution in [1.82, 2.24) is 14.5 Å². The number of rotatable bonds is 10. The van der Waals surface area contributed by atoms with Gasteiger partial charge in [0.25, 0.3) is 0 Å². The quantitative estimate of drug-likeness (QED) is 0.208. The van der Waals surface area contributed by atoms with Crippen molar-refractivity contribution in [3.63, 3.8) is 0 Å². The minimum absolute atomic E-state index is 0.0224. The number of carbonyl (C=O) groups excluding carboxylic acids is 1. The zero-order chi connectivity index (χ0) is 27.2. The van der Waals surface area contributed by atoms with Gasteiger partial charge in [-0.25, -0.2) is 9.37 Å². The largest absolute Gasteiger partial charge is 0.391 e. The Morgan fingerprint density at radius 2 is 1.89 bits per heavy atom. The van der Waals surface area contributed by atoms with Gasteiger partial charge in [-0.2, -0.15) is 0 Å². The van der Waals surface area contributed by atoms with E-state index in [2.05, 4.69) is 10.0 Å². The summed E-state index contributed by atoms with van der Waals surface area (Å²) in [5.41, 5.74) is 10.5. The first kappa shape index (κ1) is 27.9. The predicted molar refractivity (Wildman–Crippen MR) is 142 cm³/mol. The third kappa shape index (κ3) is 7.18. The average Bonchev–Trinajstić information content (AvgIpc) is 3.24. The van der Waals surface area contributed by atoms with Crippen molar-refractivity contribution in [2.45, 2.75) is 53.3 Å². The molecule has 0 unspecified atom stereocenters. The van der Waals surface area contributed by atoms with Crippen molar-refractivity contribution in [2.75, 3.05) is 13.1 Å². The molecule has 0 bridgehead atoms. The Balaban J connectivity index is 2.19. The molecule has 0 aliphatic heterocycles. The topological polar surface area (TPSA) is 107 Å². The summed E-state index contributed by atoms with van der Waals surface area (Å²) in [6.45, 7) is 9.99. The lowest BCUT2D eigenvalue weighted by molar-refractivity contribution is -0.141. The van der Waals surface area contributed by atoms with Crippen LogP contribution in [0.25, 0.3) is 21.7 Å². The number of aliphatic hydroxyl groups is 1. The van der Waals surface area contributed by atoms with Gasteiger partial charge in [0.05, 0.1) is 24.4 Å². The van der Waals surface area contributed by atoms with E-state index in [0.717, 1.165) is 5.56 Å². The fraction of sp³-hybridized carbons (Fsp3) is 0.429. The fourth-order valence-corrected chi connectivity index (χ4v) is 4.41. The SMILES string of the molecule is CC(C)C(=O)N(C[C@H](O)CN=[N+]=[N-])[C@@H](c1nc(-c2cccc(F)c2)cn1Cc1ccccc1)C(C)(C)C. The molecule has 3 aromatic rings. The minimum atomic E-state index is -1.04. The van der Waals surface area contributed by atoms with E-state index in [1.54, 1.807) is 17.0 Å². The Kier molecular flexibility index (Phi) is 9.08. The molecule has 1 aromatic heterocycles. The molecule has 8 nitrogen and oxygen atoms in total. The van der Waals surface area contributed by atoms with E-state index in [1.165, 1.54) is 12.1 Å². The highest BCUT2D eigenvalue weighted by Gasteiger charge is 2.39. The standard InChI is InChI=1S/C28H35FN6O2/c1-19(2)27(37)35(17-23(36)15-31-33-30)25(28(3,4)5)26-32-24(21-12-9-13-22(29)14-21)18-34(26)16-20-10-7-6-8-11-20/h6-14,18-19,23,25,36H,15-17H2,1-5H3/t23-,25+/m1/s1. The molecule has 0 saturated heterocycles. The lowest BCUT2D eigenvalue weighted by Crippen LogP contribution is -2.48. The molecule has 0 aliphatic rings. The second-order valence-electron chi connectivity index (χ2n) is 10.6. The van der Waals surface area contributed by atoms with Crippen molar-refractivity contribution in [1.29, 1.82) is 0 Å². The van der Waals surface area contributed by atoms with Crippen LogP contribution < -0.4 is 0 Å². The predicted octanol–water partition coefficient (Wildman–Crippen LogP) is 5.98. The number of aromatic nitrogens is 2. The number of hydrogen-bond acceptors (Lipinski definition) is 4. The highest BCUT2D eigenvalue weighted by atomic mass is 19.1. The first-order chi connectivity index (χ1) is 17.5. The molecule has 2 atom stereocenters. The highest BCUT2D eigenvalue weighted by Crippen LogP contribution is 2.40. The summed E-state index contributed by atoms with van der Waals surface area (Å²) < 4.78 is 16.1. The lowest BCUT2D eigenvalue weighted by atomic mass is 9.84. The van der Waals surface area contributed by atoms with Crippen LogP contribution in [0.15, 0.2) is 65.9 Å². The van der Waals surface area contributed by atoms with Gasteiger partial charge in [-0.15, -0.1) is 0 Å². The number of amides is 1. The van der Waals surface area contributed by atoms with Gasteiger partial charge in [0.2, 0.25) is 5.91 Å². The Bertz CT molecular complexity index is 1250. The van der Waals surface area contributed by atoms with Crippen LogP contribution in [0.1, 0.15) is 52.0 Å². The average molecular weight is 507 g/mol. The zero-order valence-electron chi connectivity index (χ0n) is 22.0. The normalized spacial score (nSPS) is 13.2. The summed E-state index contributed by atoms with van der Waals surface area (Å²) in [7, 11) is 0. The molecule has 37 heavy (non-hydrogen) atoms. The monoisotopic (exact) mass is 506 g/mol. The van der Waals surface area contributed by atoms with Crippen molar-refractivity contribution in [3.05, 3.63) is 88.4 Å². The van der Waals surface area contributed by atoms with Gasteiger partial charge in [0.1, 0.15) is 11.6 Å². The van der Waals surface area contributed by atoms with E-state index >= 15 is 0 Å². The molecule has 0 spiro atoms. The van der Waals surface area contributed by atoms with E-state index in [4.69, 9.17) is 10.5 Å². The van der Waals surface area contributed by atoms with Crippen LogP contribution in [0.5, 0.6) is 0 Å². The third-order valence-corrected chi connectivity index (χ3v) is 6.04. The molecule has 0 radical (unpaired) electrons. The summed E-state index contributed by atoms with van der Waals surface area (Å²) in [6, 6.07) is 15.6. The zero-order valence-corrected chi connectivity index (χ0v) is 22.0. The summed E-state index contributed by atoms with van der Waals surface area (Å²) >= 11 is 0. The molecule has 2 aromatic carbocycles. The maximum absolute atomic E-state index is 14.1. The van der Waals surface area contributed by atoms with Crippen LogP contribution in [-0.4, -0.2) is 44.7 Å². The number of benzene rings is 2. The Morgan fingerprint density at radius 1 is 1.19 bits per heavy atom. The molecule has 1 N–H and O–H groups in total. The van der Waals surface area contributed by atoms with Gasteiger partial charge < -0.3 is 14.6 Å². The summed E-state index contributed by atoms with van der Waals surface area (Å²) in [5, 5.41) is 14.1. The van der Waals surface area contributed by atoms with Gasteiger partial charge in [-0.3, -0.25) is 4.79 Å². The van der Waals surface area contributed by atoms with Gasteiger partial charge >= 0.3 is 0 Å². The van der Waals surface area contributed by atoms with E-state index in [9.17, 15) is 14.3 Å². The first-order valence-electron chi connectivity index (χ1n) is 12.4. The summed E-state index contributed by atoms with van der Waals surface area (Å²) in [4.78, 5) is 22.9. The maximum atomic E-state index is 14.1. The van der Waals surface area contributed by atoms with Crippen molar-refractivity contribution in [2.24, 2.45) is 16.4 Å². The number of halogens is 1. The molecule has 0 saturated carbocycles. The van der Waals surface area contributed by atoms with Crippen molar-refractivity contribution in [3.8, 4) is 11.3 Å². The van der Waals surface area contributed by atoms with Gasteiger partial charge in [-0.1, -0.05) is 82.2 Å². The second-order valence-corrected chi connectivity index (χ2v) is 10.6. The van der Waals surface area contributed by atoms with Crippen molar-refractivity contribution < 1.29 is 14.3 Å². The first-order valence-corrected chi connectivity index (χ1v) is 12.4. The highest BCUT2D eigenvalue weighted by molar-refractivity contribution is 5.78. The number of imidazole rings is 1. The molecule has 0 fully saturated rings. The summed E-state index contributed by atoms with van der Waals surface area (Å²) in [6.07, 6.45) is 0.841. The number of hydrogen-bond donors (Lipinski definition) is 1. The Hall–Kier alpha value is -3.68. The lowest BCUT2D eigenvalue weighted by Gasteiger charge is -2.41. The van der Waals surface area contributed by atoms with Gasteiger partial charge in [0, 0.05) is 35.7 Å². The molecular formula is C28H35FN6O2. The van der Waals surface area contributed by atoms with Gasteiger partial charge in [0.15, 0.2) is 0 Å². The van der Waals surface area contributed by atoms with E-state index in [0.29, 0.717) is 23.6 Å². The number of azide groups is 1. The minimum Gasteiger partial charge on any atom is -0.391 e. The number of carbonyl (C=O) groups is 1.